The number of nitrogen functional groups attached to an aromatic ring is 1. The molecule has 0 radical (unpaired) electrons. The number of hydrogen-bond acceptors (Lipinski definition) is 6. The average molecular weight is 465 g/mol. The van der Waals surface area contributed by atoms with Crippen molar-refractivity contribution in [2.45, 2.75) is 19.5 Å². The Morgan fingerprint density at radius 2 is 1.76 bits per heavy atom. The van der Waals surface area contributed by atoms with Crippen LogP contribution >= 0.6 is 0 Å². The van der Waals surface area contributed by atoms with Gasteiger partial charge in [-0.25, -0.2) is 9.37 Å². The molecule has 0 aliphatic rings. The number of carbonyl (C=O) groups excluding carboxylic acids is 1. The largest absolute Gasteiger partial charge is 0.573 e. The van der Waals surface area contributed by atoms with Crippen molar-refractivity contribution in [2.75, 3.05) is 12.8 Å². The van der Waals surface area contributed by atoms with Crippen LogP contribution in [-0.4, -0.2) is 24.4 Å². The number of ether oxygens (including phenoxy) is 3. The van der Waals surface area contributed by atoms with Crippen LogP contribution in [0.5, 0.6) is 17.2 Å². The number of methoxy groups -OCH3 is 1. The van der Waals surface area contributed by atoms with E-state index in [0.717, 1.165) is 12.1 Å². The number of aromatic nitrogens is 1. The van der Waals surface area contributed by atoms with Crippen molar-refractivity contribution < 1.29 is 36.6 Å². The Morgan fingerprint density at radius 3 is 2.36 bits per heavy atom. The van der Waals surface area contributed by atoms with Crippen LogP contribution in [0.4, 0.5) is 23.4 Å². The van der Waals surface area contributed by atoms with Gasteiger partial charge in [-0.15, -0.1) is 13.2 Å². The van der Waals surface area contributed by atoms with Crippen LogP contribution in [0, 0.1) is 5.82 Å². The molecule has 0 unspecified atom stereocenters. The minimum atomic E-state index is -4.92. The highest BCUT2D eigenvalue weighted by Crippen LogP contribution is 2.30. The van der Waals surface area contributed by atoms with Gasteiger partial charge in [-0.2, -0.15) is 0 Å². The number of alkyl halides is 3. The Hall–Kier alpha value is -3.86. The first kappa shape index (κ1) is 23.8. The molecule has 0 aliphatic carbocycles. The van der Waals surface area contributed by atoms with Gasteiger partial charge >= 0.3 is 6.36 Å². The number of hydrogen-bond donors (Lipinski definition) is 2. The molecule has 0 atom stereocenters. The number of anilines is 1. The number of pyridine rings is 1. The molecule has 174 valence electrons. The van der Waals surface area contributed by atoms with Crippen molar-refractivity contribution in [2.24, 2.45) is 0 Å². The summed E-state index contributed by atoms with van der Waals surface area (Å²) in [6.07, 6.45) is -4.92. The minimum absolute atomic E-state index is 0.0828. The zero-order chi connectivity index (χ0) is 24.0. The molecular formula is C22H19F4N3O4. The van der Waals surface area contributed by atoms with E-state index in [-0.39, 0.29) is 36.0 Å². The molecule has 1 heterocycles. The maximum absolute atomic E-state index is 14.0. The van der Waals surface area contributed by atoms with Gasteiger partial charge in [0.05, 0.1) is 17.9 Å². The van der Waals surface area contributed by atoms with E-state index in [4.69, 9.17) is 15.2 Å². The molecule has 0 fully saturated rings. The number of nitrogens with zero attached hydrogens (tertiary/aromatic N) is 1. The first-order valence-electron chi connectivity index (χ1n) is 9.49. The second-order valence-electron chi connectivity index (χ2n) is 6.74. The quantitative estimate of drug-likeness (QED) is 0.473. The van der Waals surface area contributed by atoms with Gasteiger partial charge in [0, 0.05) is 19.7 Å². The summed E-state index contributed by atoms with van der Waals surface area (Å²) in [7, 11) is 1.52. The topological polar surface area (TPSA) is 95.7 Å². The fraction of sp³-hybridized carbons (Fsp3) is 0.182. The molecule has 0 saturated carbocycles. The number of carbonyl (C=O) groups is 1. The summed E-state index contributed by atoms with van der Waals surface area (Å²) in [5, 5.41) is 2.71. The summed E-state index contributed by atoms with van der Waals surface area (Å²) < 4.78 is 64.6. The molecule has 1 amide bonds. The monoisotopic (exact) mass is 465 g/mol. The molecule has 3 aromatic rings. The highest BCUT2D eigenvalue weighted by Gasteiger charge is 2.31. The lowest BCUT2D eigenvalue weighted by atomic mass is 10.2. The van der Waals surface area contributed by atoms with E-state index in [9.17, 15) is 22.4 Å². The van der Waals surface area contributed by atoms with E-state index in [1.165, 1.54) is 19.2 Å². The van der Waals surface area contributed by atoms with E-state index < -0.39 is 23.8 Å². The van der Waals surface area contributed by atoms with Crippen LogP contribution in [0.25, 0.3) is 0 Å². The molecule has 0 saturated heterocycles. The summed E-state index contributed by atoms with van der Waals surface area (Å²) >= 11 is 0. The number of nitrogens with two attached hydrogens (primary N) is 1. The molecule has 0 spiro atoms. The lowest BCUT2D eigenvalue weighted by Crippen LogP contribution is -2.24. The molecular weight excluding hydrogens is 446 g/mol. The number of nitrogens with one attached hydrogen (secondary N) is 1. The maximum Gasteiger partial charge on any atom is 0.573 e. The fourth-order valence-corrected chi connectivity index (χ4v) is 2.78. The molecule has 1 aromatic heterocycles. The first-order chi connectivity index (χ1) is 15.6. The van der Waals surface area contributed by atoms with Crippen LogP contribution in [-0.2, 0) is 17.9 Å². The Morgan fingerprint density at radius 1 is 1.06 bits per heavy atom. The summed E-state index contributed by atoms with van der Waals surface area (Å²) in [5.41, 5.74) is 7.37. The Bertz CT molecular complexity index is 1120. The molecule has 3 N–H and O–H groups in total. The predicted octanol–water partition coefficient (Wildman–Crippen LogP) is 4.57. The lowest BCUT2D eigenvalue weighted by molar-refractivity contribution is -0.274. The van der Waals surface area contributed by atoms with E-state index in [1.54, 1.807) is 24.3 Å². The molecule has 0 aliphatic heterocycles. The first-order valence-corrected chi connectivity index (χ1v) is 9.49. The normalized spacial score (nSPS) is 11.2. The van der Waals surface area contributed by atoms with Crippen molar-refractivity contribution in [3.63, 3.8) is 0 Å². The number of rotatable bonds is 8. The smallest absolute Gasteiger partial charge is 0.454 e. The zero-order valence-corrected chi connectivity index (χ0v) is 17.3. The highest BCUT2D eigenvalue weighted by molar-refractivity contribution is 5.98. The van der Waals surface area contributed by atoms with Crippen molar-refractivity contribution in [1.82, 2.24) is 10.3 Å². The van der Waals surface area contributed by atoms with Gasteiger partial charge in [0.2, 0.25) is 0 Å². The third-order valence-electron chi connectivity index (χ3n) is 4.26. The minimum Gasteiger partial charge on any atom is -0.454 e. The molecule has 2 aromatic carbocycles. The summed E-state index contributed by atoms with van der Waals surface area (Å²) in [6.45, 7) is 0.451. The third-order valence-corrected chi connectivity index (χ3v) is 4.26. The lowest BCUT2D eigenvalue weighted by Gasteiger charge is -2.12. The third kappa shape index (κ3) is 6.81. The van der Waals surface area contributed by atoms with E-state index in [0.29, 0.717) is 17.3 Å². The van der Waals surface area contributed by atoms with E-state index in [1.807, 2.05) is 0 Å². The van der Waals surface area contributed by atoms with Gasteiger partial charge in [0.1, 0.15) is 17.3 Å². The molecule has 0 bridgehead atoms. The standard InChI is InChI=1S/C22H19F4N3O4/c1-31-12-14-4-8-17(20(27)29-14)21(30)28-11-13-2-5-15(6-3-13)32-19-9-7-16(10-18(19)23)33-22(24,25)26/h2-10H,11-12H2,1H3,(H2,27,29)(H,28,30). The molecule has 7 nitrogen and oxygen atoms in total. The van der Waals surface area contributed by atoms with Crippen LogP contribution in [0.2, 0.25) is 0 Å². The summed E-state index contributed by atoms with van der Waals surface area (Å²) in [5.74, 6) is -2.06. The van der Waals surface area contributed by atoms with Crippen LogP contribution in [0.1, 0.15) is 21.6 Å². The SMILES string of the molecule is COCc1ccc(C(=O)NCc2ccc(Oc3ccc(OC(F)(F)F)cc3F)cc2)c(N)n1. The van der Waals surface area contributed by atoms with Crippen LogP contribution < -0.4 is 20.5 Å². The van der Waals surface area contributed by atoms with Crippen LogP contribution in [0.3, 0.4) is 0 Å². The van der Waals surface area contributed by atoms with Crippen molar-refractivity contribution >= 4 is 11.7 Å². The van der Waals surface area contributed by atoms with Gasteiger partial charge in [-0.3, -0.25) is 4.79 Å². The number of halogens is 4. The van der Waals surface area contributed by atoms with Crippen LogP contribution in [0.15, 0.2) is 54.6 Å². The maximum atomic E-state index is 14.0. The van der Waals surface area contributed by atoms with Gasteiger partial charge < -0.3 is 25.3 Å². The van der Waals surface area contributed by atoms with Crippen molar-refractivity contribution in [1.29, 1.82) is 0 Å². The van der Waals surface area contributed by atoms with E-state index >= 15 is 0 Å². The number of amides is 1. The molecule has 33 heavy (non-hydrogen) atoms. The van der Waals surface area contributed by atoms with E-state index in [2.05, 4.69) is 15.0 Å². The van der Waals surface area contributed by atoms with Crippen molar-refractivity contribution in [3.8, 4) is 17.2 Å². The Balaban J connectivity index is 1.58. The Kier molecular flexibility index (Phi) is 7.34. The van der Waals surface area contributed by atoms with Gasteiger partial charge in [-0.1, -0.05) is 12.1 Å². The van der Waals surface area contributed by atoms with Gasteiger partial charge in [0.15, 0.2) is 11.6 Å². The average Bonchev–Trinajstić information content (AvgIpc) is 2.74. The second-order valence-corrected chi connectivity index (χ2v) is 6.74. The molecule has 3 rings (SSSR count). The van der Waals surface area contributed by atoms with Gasteiger partial charge in [-0.05, 0) is 42.0 Å². The summed E-state index contributed by atoms with van der Waals surface area (Å²) in [4.78, 5) is 16.5. The predicted molar refractivity (Wildman–Crippen MR) is 110 cm³/mol. The fourth-order valence-electron chi connectivity index (χ4n) is 2.78. The van der Waals surface area contributed by atoms with Gasteiger partial charge in [0.25, 0.3) is 5.91 Å². The summed E-state index contributed by atoms with van der Waals surface area (Å²) in [6, 6.07) is 12.1. The Labute approximate surface area is 186 Å². The van der Waals surface area contributed by atoms with Crippen molar-refractivity contribution in [3.05, 3.63) is 77.2 Å². The highest BCUT2D eigenvalue weighted by atomic mass is 19.4. The molecule has 11 heteroatoms. The second kappa shape index (κ2) is 10.2. The zero-order valence-electron chi connectivity index (χ0n) is 17.3. The number of benzene rings is 2.